The molecule has 0 rings (SSSR count). The highest BCUT2D eigenvalue weighted by Gasteiger charge is 2.19. The molecule has 0 aromatic heterocycles. The molecule has 0 heterocycles. The molecule has 0 radical (unpaired) electrons. The van der Waals surface area contributed by atoms with Crippen molar-refractivity contribution in [2.24, 2.45) is 0 Å². The molecule has 6 nitrogen and oxygen atoms in total. The Labute approximate surface area is 428 Å². The van der Waals surface area contributed by atoms with Crippen molar-refractivity contribution in [2.75, 3.05) is 13.2 Å². The van der Waals surface area contributed by atoms with Crippen LogP contribution in [0, 0.1) is 0 Å². The fraction of sp³-hybridized carbons (Fsp3) is 0.794. The topological polar surface area (TPSA) is 78.9 Å². The van der Waals surface area contributed by atoms with Crippen LogP contribution in [0.25, 0.3) is 0 Å². The van der Waals surface area contributed by atoms with E-state index in [1.54, 1.807) is 0 Å². The first-order valence-electron chi connectivity index (χ1n) is 29.8. The summed E-state index contributed by atoms with van der Waals surface area (Å²) in [4.78, 5) is 38.1. The van der Waals surface area contributed by atoms with Crippen molar-refractivity contribution in [1.29, 1.82) is 0 Å². The molecule has 0 saturated carbocycles. The molecule has 0 unspecified atom stereocenters. The molecule has 400 valence electrons. The second kappa shape index (κ2) is 57.7. The molecule has 0 aliphatic rings. The maximum atomic E-state index is 12.8. The number of rotatable bonds is 54. The van der Waals surface area contributed by atoms with Gasteiger partial charge in [0.15, 0.2) is 6.10 Å². The molecule has 0 N–H and O–H groups in total. The minimum atomic E-state index is -0.789. The molecular formula is C63H112O6. The molecule has 0 saturated heterocycles. The van der Waals surface area contributed by atoms with E-state index < -0.39 is 6.10 Å². The summed E-state index contributed by atoms with van der Waals surface area (Å²) in [6, 6.07) is 0. The Kier molecular flexibility index (Phi) is 55.3. The van der Waals surface area contributed by atoms with Crippen molar-refractivity contribution in [2.45, 2.75) is 309 Å². The number of hydrogen-bond acceptors (Lipinski definition) is 6. The first-order chi connectivity index (χ1) is 34.0. The Balaban J connectivity index is 4.35. The van der Waals surface area contributed by atoms with Gasteiger partial charge in [-0.15, -0.1) is 0 Å². The first-order valence-corrected chi connectivity index (χ1v) is 29.8. The number of carbonyl (C=O) groups is 3. The molecular weight excluding hydrogens is 853 g/mol. The molecule has 0 aromatic carbocycles. The summed E-state index contributed by atoms with van der Waals surface area (Å²) >= 11 is 0. The third kappa shape index (κ3) is 55.9. The molecule has 69 heavy (non-hydrogen) atoms. The van der Waals surface area contributed by atoms with Gasteiger partial charge in [0.1, 0.15) is 13.2 Å². The monoisotopic (exact) mass is 965 g/mol. The van der Waals surface area contributed by atoms with Crippen LogP contribution in [0.2, 0.25) is 0 Å². The average molecular weight is 966 g/mol. The number of esters is 3. The standard InChI is InChI=1S/C63H112O6/c1-4-7-10-13-16-19-22-24-26-28-30-31-33-34-36-38-41-44-47-50-53-56-62(65)68-59-60(58-67-61(64)55-52-49-46-43-40-21-18-15-12-9-6-3)69-63(66)57-54-51-48-45-42-39-37-35-32-29-27-25-23-20-17-14-11-8-5-2/h17,20,24-27,32,35,39,42,60H,4-16,18-19,21-23,28-31,33-34,36-38,40-41,43-59H2,1-3H3/b20-17-,26-24-,27-25-,35-32-,42-39-/t60-/m0/s1. The van der Waals surface area contributed by atoms with Gasteiger partial charge in [-0.25, -0.2) is 0 Å². The highest BCUT2D eigenvalue weighted by Crippen LogP contribution is 2.16. The van der Waals surface area contributed by atoms with Gasteiger partial charge >= 0.3 is 17.9 Å². The highest BCUT2D eigenvalue weighted by molar-refractivity contribution is 5.71. The molecule has 0 amide bonds. The summed E-state index contributed by atoms with van der Waals surface area (Å²) in [5.74, 6) is -0.905. The summed E-state index contributed by atoms with van der Waals surface area (Å²) in [6.45, 7) is 6.60. The fourth-order valence-corrected chi connectivity index (χ4v) is 8.48. The molecule has 0 aliphatic heterocycles. The van der Waals surface area contributed by atoms with E-state index in [-0.39, 0.29) is 31.1 Å². The minimum Gasteiger partial charge on any atom is -0.462 e. The summed E-state index contributed by atoms with van der Waals surface area (Å²) in [7, 11) is 0. The van der Waals surface area contributed by atoms with Gasteiger partial charge in [0.2, 0.25) is 0 Å². The van der Waals surface area contributed by atoms with Crippen LogP contribution < -0.4 is 0 Å². The zero-order chi connectivity index (χ0) is 50.0. The molecule has 6 heteroatoms. The summed E-state index contributed by atoms with van der Waals surface area (Å²) in [6.07, 6.45) is 72.2. The maximum Gasteiger partial charge on any atom is 0.306 e. The van der Waals surface area contributed by atoms with E-state index in [0.717, 1.165) is 83.5 Å². The van der Waals surface area contributed by atoms with Gasteiger partial charge < -0.3 is 14.2 Å². The second-order valence-electron chi connectivity index (χ2n) is 19.9. The minimum absolute atomic E-state index is 0.0847. The van der Waals surface area contributed by atoms with Gasteiger partial charge in [-0.3, -0.25) is 14.4 Å². The van der Waals surface area contributed by atoms with Crippen LogP contribution in [0.4, 0.5) is 0 Å². The van der Waals surface area contributed by atoms with Crippen LogP contribution in [0.3, 0.4) is 0 Å². The normalized spacial score (nSPS) is 12.4. The van der Waals surface area contributed by atoms with E-state index in [1.807, 2.05) is 0 Å². The highest BCUT2D eigenvalue weighted by atomic mass is 16.6. The number of allylic oxidation sites excluding steroid dienone is 10. The van der Waals surface area contributed by atoms with E-state index in [4.69, 9.17) is 14.2 Å². The van der Waals surface area contributed by atoms with Crippen LogP contribution in [0.15, 0.2) is 60.8 Å². The summed E-state index contributed by atoms with van der Waals surface area (Å²) in [5, 5.41) is 0. The lowest BCUT2D eigenvalue weighted by Crippen LogP contribution is -2.30. The van der Waals surface area contributed by atoms with Crippen molar-refractivity contribution in [3.8, 4) is 0 Å². The van der Waals surface area contributed by atoms with E-state index in [9.17, 15) is 14.4 Å². The first kappa shape index (κ1) is 66.1. The van der Waals surface area contributed by atoms with Crippen molar-refractivity contribution in [3.05, 3.63) is 60.8 Å². The predicted molar refractivity (Wildman–Crippen MR) is 298 cm³/mol. The van der Waals surface area contributed by atoms with Gasteiger partial charge in [0.25, 0.3) is 0 Å². The third-order valence-electron chi connectivity index (χ3n) is 13.0. The van der Waals surface area contributed by atoms with Crippen LogP contribution in [0.1, 0.15) is 303 Å². The maximum absolute atomic E-state index is 12.8. The van der Waals surface area contributed by atoms with Crippen molar-refractivity contribution < 1.29 is 28.6 Å². The quantitative estimate of drug-likeness (QED) is 0.0262. The number of ether oxygens (including phenoxy) is 3. The third-order valence-corrected chi connectivity index (χ3v) is 13.0. The van der Waals surface area contributed by atoms with Crippen molar-refractivity contribution >= 4 is 17.9 Å². The predicted octanol–water partition coefficient (Wildman–Crippen LogP) is 20.0. The zero-order valence-electron chi connectivity index (χ0n) is 45.8. The lowest BCUT2D eigenvalue weighted by atomic mass is 10.0. The molecule has 0 spiro atoms. The number of carbonyl (C=O) groups excluding carboxylic acids is 3. The van der Waals surface area contributed by atoms with Crippen LogP contribution >= 0.6 is 0 Å². The van der Waals surface area contributed by atoms with E-state index in [2.05, 4.69) is 81.5 Å². The Morgan fingerprint density at radius 3 is 0.870 bits per heavy atom. The summed E-state index contributed by atoms with van der Waals surface area (Å²) < 4.78 is 16.8. The molecule has 1 atom stereocenters. The smallest absolute Gasteiger partial charge is 0.306 e. The molecule has 0 aliphatic carbocycles. The zero-order valence-corrected chi connectivity index (χ0v) is 45.8. The Bertz CT molecular complexity index is 1250. The van der Waals surface area contributed by atoms with Crippen LogP contribution in [-0.2, 0) is 28.6 Å². The lowest BCUT2D eigenvalue weighted by Gasteiger charge is -2.18. The largest absolute Gasteiger partial charge is 0.462 e. The molecule has 0 aromatic rings. The Morgan fingerprint density at radius 2 is 0.522 bits per heavy atom. The van der Waals surface area contributed by atoms with Crippen LogP contribution in [-0.4, -0.2) is 37.2 Å². The molecule has 0 fully saturated rings. The van der Waals surface area contributed by atoms with Gasteiger partial charge in [-0.2, -0.15) is 0 Å². The van der Waals surface area contributed by atoms with E-state index in [0.29, 0.717) is 19.3 Å². The van der Waals surface area contributed by atoms with Crippen molar-refractivity contribution in [1.82, 2.24) is 0 Å². The van der Waals surface area contributed by atoms with Gasteiger partial charge in [-0.05, 0) is 89.9 Å². The summed E-state index contributed by atoms with van der Waals surface area (Å²) in [5.41, 5.74) is 0. The number of hydrogen-bond donors (Lipinski definition) is 0. The molecule has 0 bridgehead atoms. The second-order valence-corrected chi connectivity index (χ2v) is 19.9. The van der Waals surface area contributed by atoms with Gasteiger partial charge in [0.05, 0.1) is 0 Å². The van der Waals surface area contributed by atoms with E-state index in [1.165, 1.54) is 180 Å². The van der Waals surface area contributed by atoms with Crippen molar-refractivity contribution in [3.63, 3.8) is 0 Å². The van der Waals surface area contributed by atoms with Gasteiger partial charge in [0, 0.05) is 19.3 Å². The fourth-order valence-electron chi connectivity index (χ4n) is 8.48. The average Bonchev–Trinajstić information content (AvgIpc) is 3.35. The van der Waals surface area contributed by atoms with E-state index >= 15 is 0 Å². The van der Waals surface area contributed by atoms with Gasteiger partial charge in [-0.1, -0.05) is 255 Å². The Hall–Kier alpha value is -2.89. The number of unbranched alkanes of at least 4 members (excludes halogenated alkanes) is 33. The Morgan fingerprint density at radius 1 is 0.290 bits per heavy atom. The SMILES string of the molecule is CCCCC/C=C\C/C=C\C/C=C\C/C=C\CCCCCC(=O)O[C@@H](COC(=O)CCCCCCCCCCCCC)COC(=O)CCCCCCCCCCCCC/C=C\CCCCCCCC. The lowest BCUT2D eigenvalue weighted by molar-refractivity contribution is -0.167. The van der Waals surface area contributed by atoms with Crippen LogP contribution in [0.5, 0.6) is 0 Å².